The zero-order valence-corrected chi connectivity index (χ0v) is 28.8. The average molecular weight is 659 g/mol. The van der Waals surface area contributed by atoms with E-state index >= 15 is 0 Å². The first-order valence-corrected chi connectivity index (χ1v) is 18.7. The zero-order chi connectivity index (χ0) is 25.9. The number of rotatable bonds is 4. The van der Waals surface area contributed by atoms with Crippen molar-refractivity contribution >= 4 is 42.2 Å². The van der Waals surface area contributed by atoms with Crippen molar-refractivity contribution in [3.63, 3.8) is 0 Å². The molecule has 0 spiro atoms. The summed E-state index contributed by atoms with van der Waals surface area (Å²) < 4.78 is 3.48. The van der Waals surface area contributed by atoms with Gasteiger partial charge in [-0.3, -0.25) is 0 Å². The maximum absolute atomic E-state index is 2.48. The third kappa shape index (κ3) is 6.42. The second kappa shape index (κ2) is 14.3. The molecule has 0 N–H and O–H groups in total. The Balaban J connectivity index is 0.000000479. The topological polar surface area (TPSA) is 0 Å². The number of benzene rings is 4. The molecule has 0 bridgehead atoms. The van der Waals surface area contributed by atoms with Crippen molar-refractivity contribution in [2.75, 3.05) is 0 Å². The molecule has 4 aromatic rings. The largest absolute Gasteiger partial charge is 1.00 e. The molecule has 1 saturated heterocycles. The van der Waals surface area contributed by atoms with Crippen molar-refractivity contribution in [2.45, 2.75) is 51.6 Å². The first-order valence-electron chi connectivity index (χ1n) is 14.2. The van der Waals surface area contributed by atoms with Crippen LogP contribution in [0.5, 0.6) is 0 Å². The fourth-order valence-corrected chi connectivity index (χ4v) is 11.5. The fourth-order valence-electron chi connectivity index (χ4n) is 6.25. The molecule has 1 heterocycles. The Morgan fingerprint density at radius 3 is 1.40 bits per heavy atom. The maximum atomic E-state index is 2.48. The minimum atomic E-state index is -0.794. The predicted octanol–water partition coefficient (Wildman–Crippen LogP) is 3.69. The molecular formula is C36H36Cl2SiZr. The van der Waals surface area contributed by atoms with Crippen LogP contribution in [0.2, 0.25) is 12.1 Å². The molecule has 0 unspecified atom stereocenters. The van der Waals surface area contributed by atoms with E-state index in [1.54, 1.807) is 31.5 Å². The van der Waals surface area contributed by atoms with Crippen LogP contribution in [-0.4, -0.2) is 9.52 Å². The maximum Gasteiger partial charge on any atom is -1.00 e. The summed E-state index contributed by atoms with van der Waals surface area (Å²) in [5, 5.41) is 5.40. The van der Waals surface area contributed by atoms with Gasteiger partial charge < -0.3 is 24.8 Å². The van der Waals surface area contributed by atoms with Crippen LogP contribution in [0.4, 0.5) is 0 Å². The van der Waals surface area contributed by atoms with Crippen LogP contribution in [0.1, 0.15) is 50.7 Å². The second-order valence-electron chi connectivity index (χ2n) is 10.8. The molecule has 7 rings (SSSR count). The molecule has 0 nitrogen and oxygen atoms in total. The molecule has 0 saturated carbocycles. The minimum Gasteiger partial charge on any atom is -1.00 e. The van der Waals surface area contributed by atoms with Crippen molar-refractivity contribution in [3.05, 3.63) is 126 Å². The first kappa shape index (κ1) is 31.0. The Bertz CT molecular complexity index is 1500. The van der Waals surface area contributed by atoms with E-state index in [4.69, 9.17) is 0 Å². The standard InChI is InChI=1S/2C16H13.C4H10Si.2ClH.Zr/c2*1-12-6-4-10-14(12)16-11-5-8-13-7-2-3-9-15(13)16;1-2-4-5-3-1;;;/h2*2-3,5,7-11H,4H2,1H3;1-5H2;2*1H;/q;;;;;+2/p-2. The summed E-state index contributed by atoms with van der Waals surface area (Å²) in [5.41, 5.74) is 8.79. The molecule has 0 radical (unpaired) electrons. The van der Waals surface area contributed by atoms with Gasteiger partial charge in [-0.1, -0.05) is 24.9 Å². The van der Waals surface area contributed by atoms with Gasteiger partial charge in [-0.25, -0.2) is 0 Å². The van der Waals surface area contributed by atoms with Gasteiger partial charge in [0.05, 0.1) is 0 Å². The number of halogens is 2. The zero-order valence-electron chi connectivity index (χ0n) is 23.4. The third-order valence-electron chi connectivity index (χ3n) is 8.45. The molecule has 4 heteroatoms. The summed E-state index contributed by atoms with van der Waals surface area (Å²) >= 11 is -0.794. The minimum absolute atomic E-state index is 0. The Hall–Kier alpha value is -1.96. The quantitative estimate of drug-likeness (QED) is 0.294. The Labute approximate surface area is 265 Å². The van der Waals surface area contributed by atoms with E-state index in [2.05, 4.69) is 111 Å². The van der Waals surface area contributed by atoms with Crippen LogP contribution in [-0.2, 0) is 23.2 Å². The van der Waals surface area contributed by atoms with E-state index < -0.39 is 23.2 Å². The van der Waals surface area contributed by atoms with Crippen LogP contribution in [0.15, 0.2) is 115 Å². The Morgan fingerprint density at radius 1 is 0.550 bits per heavy atom. The van der Waals surface area contributed by atoms with E-state index in [1.165, 1.54) is 55.0 Å². The summed E-state index contributed by atoms with van der Waals surface area (Å²) in [7, 11) is 0.543. The molecule has 0 atom stereocenters. The molecule has 3 aliphatic rings. The van der Waals surface area contributed by atoms with Gasteiger partial charge in [0.2, 0.25) is 0 Å². The van der Waals surface area contributed by atoms with E-state index in [-0.39, 0.29) is 24.8 Å². The van der Waals surface area contributed by atoms with Crippen LogP contribution >= 0.6 is 0 Å². The van der Waals surface area contributed by atoms with Gasteiger partial charge in [-0.2, -0.15) is 0 Å². The molecule has 1 fully saturated rings. The van der Waals surface area contributed by atoms with Gasteiger partial charge in [-0.05, 0) is 0 Å². The van der Waals surface area contributed by atoms with Crippen molar-refractivity contribution < 1.29 is 48.0 Å². The van der Waals surface area contributed by atoms with E-state index in [1.807, 2.05) is 0 Å². The van der Waals surface area contributed by atoms with Crippen LogP contribution in [0, 0.1) is 0 Å². The van der Waals surface area contributed by atoms with Crippen molar-refractivity contribution in [3.8, 4) is 0 Å². The van der Waals surface area contributed by atoms with E-state index in [0.717, 1.165) is 12.8 Å². The molecule has 2 aliphatic carbocycles. The van der Waals surface area contributed by atoms with Gasteiger partial charge in [0.1, 0.15) is 0 Å². The van der Waals surface area contributed by atoms with Crippen molar-refractivity contribution in [2.24, 2.45) is 0 Å². The fraction of sp³-hybridized carbons (Fsp3) is 0.222. The van der Waals surface area contributed by atoms with E-state index in [0.29, 0.717) is 9.52 Å². The summed E-state index contributed by atoms with van der Waals surface area (Å²) in [4.78, 5) is 0. The van der Waals surface area contributed by atoms with Crippen molar-refractivity contribution in [1.29, 1.82) is 0 Å². The number of allylic oxidation sites excluding steroid dienone is 8. The monoisotopic (exact) mass is 656 g/mol. The average Bonchev–Trinajstić information content (AvgIpc) is 3.73. The molecule has 4 aromatic carbocycles. The predicted molar refractivity (Wildman–Crippen MR) is 166 cm³/mol. The smallest absolute Gasteiger partial charge is 1.00 e. The summed E-state index contributed by atoms with van der Waals surface area (Å²) in [6.07, 6.45) is 10.4. The summed E-state index contributed by atoms with van der Waals surface area (Å²) in [6.45, 7) is 4.72. The molecule has 1 aliphatic heterocycles. The van der Waals surface area contributed by atoms with Crippen molar-refractivity contribution in [1.82, 2.24) is 0 Å². The number of hydrogen-bond acceptors (Lipinski definition) is 0. The second-order valence-corrected chi connectivity index (χ2v) is 16.5. The first-order chi connectivity index (χ1) is 18.7. The Morgan fingerprint density at radius 2 is 0.975 bits per heavy atom. The van der Waals surface area contributed by atoms with Gasteiger partial charge >= 0.3 is 209 Å². The number of hydrogen-bond donors (Lipinski definition) is 0. The van der Waals surface area contributed by atoms with Crippen LogP contribution in [0.3, 0.4) is 0 Å². The summed E-state index contributed by atoms with van der Waals surface area (Å²) in [6, 6.07) is 34.3. The normalized spacial score (nSPS) is 16.1. The molecule has 0 aromatic heterocycles. The van der Waals surface area contributed by atoms with Crippen LogP contribution in [0.25, 0.3) is 32.7 Å². The van der Waals surface area contributed by atoms with Gasteiger partial charge in [-0.15, -0.1) is 0 Å². The molecular weight excluding hydrogens is 623 g/mol. The third-order valence-corrected chi connectivity index (χ3v) is 14.8. The molecule has 0 amide bonds. The molecule has 40 heavy (non-hydrogen) atoms. The Kier molecular flexibility index (Phi) is 11.1. The van der Waals surface area contributed by atoms with Gasteiger partial charge in [0, 0.05) is 9.52 Å². The van der Waals surface area contributed by atoms with Gasteiger partial charge in [0.25, 0.3) is 0 Å². The summed E-state index contributed by atoms with van der Waals surface area (Å²) in [5.74, 6) is 0. The SMILES string of the molecule is C1CC[SiH2]C1.CC1=[C]([Zr+2][C]2=C(C)C(c3cccc4ccccc34)=CC2)CC=C1c1cccc2ccccc12.[Cl-].[Cl-]. The number of fused-ring (bicyclic) bond motifs is 2. The van der Waals surface area contributed by atoms with E-state index in [9.17, 15) is 0 Å². The molecule has 202 valence electrons. The van der Waals surface area contributed by atoms with Gasteiger partial charge in [0.15, 0.2) is 0 Å². The van der Waals surface area contributed by atoms with Crippen LogP contribution < -0.4 is 24.8 Å².